The van der Waals surface area contributed by atoms with Crippen LogP contribution in [0.5, 0.6) is 0 Å². The summed E-state index contributed by atoms with van der Waals surface area (Å²) < 4.78 is 0. The number of hydrogen-bond acceptors (Lipinski definition) is 4. The second-order valence-electron chi connectivity index (χ2n) is 2.30. The third kappa shape index (κ3) is 2.34. The highest BCUT2D eigenvalue weighted by molar-refractivity contribution is 5.57. The van der Waals surface area contributed by atoms with E-state index in [1.54, 1.807) is 6.21 Å². The van der Waals surface area contributed by atoms with Crippen molar-refractivity contribution in [1.82, 2.24) is 15.2 Å². The van der Waals surface area contributed by atoms with Crippen molar-refractivity contribution in [3.63, 3.8) is 0 Å². The van der Waals surface area contributed by atoms with Crippen molar-refractivity contribution in [2.24, 2.45) is 4.99 Å². The summed E-state index contributed by atoms with van der Waals surface area (Å²) in [7, 11) is 0. The predicted molar refractivity (Wildman–Crippen MR) is 49.0 cm³/mol. The molecule has 5 nitrogen and oxygen atoms in total. The van der Waals surface area contributed by atoms with Gasteiger partial charge < -0.3 is 5.32 Å². The molecular formula is C7H13N5. The molecule has 0 amide bonds. The van der Waals surface area contributed by atoms with Gasteiger partial charge in [0, 0.05) is 12.8 Å². The maximum atomic E-state index is 4.06. The van der Waals surface area contributed by atoms with Gasteiger partial charge in [-0.2, -0.15) is 4.98 Å². The molecule has 0 saturated heterocycles. The number of nitrogens with zero attached hydrogens (tertiary/aromatic N) is 3. The van der Waals surface area contributed by atoms with Gasteiger partial charge in [0.2, 0.25) is 11.9 Å². The smallest absolute Gasteiger partial charge is 0.246 e. The average Bonchev–Trinajstić information content (AvgIpc) is 2.50. The second kappa shape index (κ2) is 4.48. The zero-order valence-corrected chi connectivity index (χ0v) is 7.33. The Morgan fingerprint density at radius 3 is 3.17 bits per heavy atom. The fourth-order valence-corrected chi connectivity index (χ4v) is 0.749. The minimum Gasteiger partial charge on any atom is -0.353 e. The Labute approximate surface area is 71.3 Å². The van der Waals surface area contributed by atoms with E-state index in [-0.39, 0.29) is 0 Å². The van der Waals surface area contributed by atoms with E-state index in [4.69, 9.17) is 0 Å². The van der Waals surface area contributed by atoms with Crippen LogP contribution in [0.1, 0.15) is 20.3 Å². The molecule has 0 fully saturated rings. The van der Waals surface area contributed by atoms with E-state index in [0.717, 1.165) is 13.0 Å². The van der Waals surface area contributed by atoms with Gasteiger partial charge in [0.25, 0.3) is 0 Å². The first-order valence-corrected chi connectivity index (χ1v) is 4.01. The molecule has 1 aromatic heterocycles. The van der Waals surface area contributed by atoms with Crippen LogP contribution >= 0.6 is 0 Å². The van der Waals surface area contributed by atoms with E-state index in [2.05, 4.69) is 32.4 Å². The van der Waals surface area contributed by atoms with Crippen molar-refractivity contribution in [2.45, 2.75) is 20.3 Å². The summed E-state index contributed by atoms with van der Waals surface area (Å²) in [5.74, 6) is 1.15. The molecule has 5 heteroatoms. The van der Waals surface area contributed by atoms with Gasteiger partial charge in [-0.1, -0.05) is 6.92 Å². The first kappa shape index (κ1) is 8.70. The molecule has 1 rings (SSSR count). The summed E-state index contributed by atoms with van der Waals surface area (Å²) >= 11 is 0. The normalized spacial score (nSPS) is 10.8. The quantitative estimate of drug-likeness (QED) is 0.665. The zero-order valence-electron chi connectivity index (χ0n) is 7.33. The largest absolute Gasteiger partial charge is 0.353 e. The molecule has 0 saturated carbocycles. The molecule has 0 bridgehead atoms. The Morgan fingerprint density at radius 2 is 2.50 bits per heavy atom. The Bertz CT molecular complexity index is 252. The lowest BCUT2D eigenvalue weighted by Crippen LogP contribution is -2.00. The highest BCUT2D eigenvalue weighted by Gasteiger charge is 1.97. The number of H-pyrrole nitrogens is 1. The third-order valence-corrected chi connectivity index (χ3v) is 1.26. The SMILES string of the molecule is C/C=N/c1nc(NCCC)n[nH]1. The van der Waals surface area contributed by atoms with Crippen LogP contribution in [0, 0.1) is 0 Å². The lowest BCUT2D eigenvalue weighted by Gasteiger charge is -1.94. The van der Waals surface area contributed by atoms with Gasteiger partial charge >= 0.3 is 0 Å². The van der Waals surface area contributed by atoms with E-state index in [1.165, 1.54) is 0 Å². The first-order chi connectivity index (χ1) is 5.86. The monoisotopic (exact) mass is 167 g/mol. The molecule has 0 unspecified atom stereocenters. The van der Waals surface area contributed by atoms with Gasteiger partial charge in [-0.25, -0.2) is 10.1 Å². The summed E-state index contributed by atoms with van der Waals surface area (Å²) in [6.07, 6.45) is 2.73. The van der Waals surface area contributed by atoms with E-state index < -0.39 is 0 Å². The van der Waals surface area contributed by atoms with Gasteiger partial charge in [-0.15, -0.1) is 5.10 Å². The van der Waals surface area contributed by atoms with Gasteiger partial charge in [-0.05, 0) is 13.3 Å². The maximum absolute atomic E-state index is 4.06. The highest BCUT2D eigenvalue weighted by Crippen LogP contribution is 2.05. The zero-order chi connectivity index (χ0) is 8.81. The van der Waals surface area contributed by atoms with Crippen LogP contribution in [-0.4, -0.2) is 27.9 Å². The minimum absolute atomic E-state index is 0.538. The summed E-state index contributed by atoms with van der Waals surface area (Å²) in [6.45, 7) is 4.81. The molecular weight excluding hydrogens is 154 g/mol. The number of aromatic amines is 1. The molecule has 0 atom stereocenters. The summed E-state index contributed by atoms with van der Waals surface area (Å²) in [6, 6.07) is 0. The van der Waals surface area contributed by atoms with Crippen molar-refractivity contribution in [3.05, 3.63) is 0 Å². The lowest BCUT2D eigenvalue weighted by atomic mass is 10.5. The molecule has 0 aliphatic heterocycles. The fourth-order valence-electron chi connectivity index (χ4n) is 0.749. The molecule has 2 N–H and O–H groups in total. The van der Waals surface area contributed by atoms with Crippen molar-refractivity contribution in [1.29, 1.82) is 0 Å². The molecule has 12 heavy (non-hydrogen) atoms. The van der Waals surface area contributed by atoms with Gasteiger partial charge in [0.15, 0.2) is 0 Å². The van der Waals surface area contributed by atoms with Gasteiger partial charge in [-0.3, -0.25) is 0 Å². The predicted octanol–water partition coefficient (Wildman–Crippen LogP) is 1.35. The summed E-state index contributed by atoms with van der Waals surface area (Å²) in [4.78, 5) is 8.00. The van der Waals surface area contributed by atoms with Crippen LogP contribution < -0.4 is 5.32 Å². The van der Waals surface area contributed by atoms with E-state index in [1.807, 2.05) is 6.92 Å². The maximum Gasteiger partial charge on any atom is 0.246 e. The molecule has 0 radical (unpaired) electrons. The van der Waals surface area contributed by atoms with E-state index in [0.29, 0.717) is 11.9 Å². The van der Waals surface area contributed by atoms with Crippen LogP contribution in [0.2, 0.25) is 0 Å². The number of aromatic nitrogens is 3. The second-order valence-corrected chi connectivity index (χ2v) is 2.30. The van der Waals surface area contributed by atoms with Crippen LogP contribution in [0.3, 0.4) is 0 Å². The molecule has 1 aromatic rings. The fraction of sp³-hybridized carbons (Fsp3) is 0.571. The average molecular weight is 167 g/mol. The molecule has 1 heterocycles. The number of anilines is 1. The van der Waals surface area contributed by atoms with Crippen LogP contribution in [0.25, 0.3) is 0 Å². The first-order valence-electron chi connectivity index (χ1n) is 4.01. The summed E-state index contributed by atoms with van der Waals surface area (Å²) in [5, 5.41) is 9.65. The lowest BCUT2D eigenvalue weighted by molar-refractivity contribution is 0.954. The number of nitrogens with one attached hydrogen (secondary N) is 2. The Hall–Kier alpha value is -1.39. The van der Waals surface area contributed by atoms with E-state index >= 15 is 0 Å². The summed E-state index contributed by atoms with van der Waals surface area (Å²) in [5.41, 5.74) is 0. The van der Waals surface area contributed by atoms with Crippen molar-refractivity contribution in [3.8, 4) is 0 Å². The molecule has 0 aliphatic carbocycles. The number of hydrogen-bond donors (Lipinski definition) is 2. The minimum atomic E-state index is 0.538. The van der Waals surface area contributed by atoms with Gasteiger partial charge in [0.05, 0.1) is 0 Å². The highest BCUT2D eigenvalue weighted by atomic mass is 15.3. The van der Waals surface area contributed by atoms with Crippen LogP contribution in [-0.2, 0) is 0 Å². The van der Waals surface area contributed by atoms with Crippen molar-refractivity contribution < 1.29 is 0 Å². The molecule has 0 aromatic carbocycles. The van der Waals surface area contributed by atoms with Crippen LogP contribution in [0.4, 0.5) is 11.9 Å². The Balaban J connectivity index is 2.52. The van der Waals surface area contributed by atoms with Crippen LogP contribution in [0.15, 0.2) is 4.99 Å². The topological polar surface area (TPSA) is 66.0 Å². The standard InChI is InChI=1S/C7H13N5/c1-3-5-9-7-10-6(8-4-2)11-12-7/h4H,3,5H2,1-2H3,(H2,9,10,11,12)/b8-4+. The number of rotatable bonds is 4. The number of aliphatic imine (C=N–C) groups is 1. The third-order valence-electron chi connectivity index (χ3n) is 1.26. The molecule has 66 valence electrons. The molecule has 0 spiro atoms. The van der Waals surface area contributed by atoms with E-state index in [9.17, 15) is 0 Å². The Kier molecular flexibility index (Phi) is 3.25. The van der Waals surface area contributed by atoms with Crippen molar-refractivity contribution in [2.75, 3.05) is 11.9 Å². The van der Waals surface area contributed by atoms with Gasteiger partial charge in [0.1, 0.15) is 0 Å². The molecule has 0 aliphatic rings. The van der Waals surface area contributed by atoms with Crippen molar-refractivity contribution >= 4 is 18.1 Å². The Morgan fingerprint density at radius 1 is 1.67 bits per heavy atom.